The molecule has 1 aromatic carbocycles. The maximum Gasteiger partial charge on any atom is 0.252 e. The van der Waals surface area contributed by atoms with Gasteiger partial charge in [0, 0.05) is 17.1 Å². The van der Waals surface area contributed by atoms with Crippen LogP contribution in [-0.4, -0.2) is 16.9 Å². The number of amides is 1. The Morgan fingerprint density at radius 2 is 1.95 bits per heavy atom. The van der Waals surface area contributed by atoms with Gasteiger partial charge in [0.15, 0.2) is 0 Å². The minimum atomic E-state index is 0.0490. The molecular weight excluding hydrogens is 260 g/mol. The fourth-order valence-corrected chi connectivity index (χ4v) is 2.92. The number of carbonyl (C=O) groups excluding carboxylic acids is 1. The smallest absolute Gasteiger partial charge is 0.252 e. The number of aryl methyl sites for hydroxylation is 1. The van der Waals surface area contributed by atoms with Crippen LogP contribution in [0.15, 0.2) is 24.3 Å². The molecule has 1 heterocycles. The molecule has 1 atom stereocenters. The summed E-state index contributed by atoms with van der Waals surface area (Å²) in [5.41, 5.74) is 4.04. The highest BCUT2D eigenvalue weighted by Gasteiger charge is 2.24. The summed E-state index contributed by atoms with van der Waals surface area (Å²) >= 11 is 0. The van der Waals surface area contributed by atoms with E-state index < -0.39 is 0 Å². The van der Waals surface area contributed by atoms with Gasteiger partial charge in [0.1, 0.15) is 0 Å². The number of nitrogens with zero attached hydrogens (tertiary/aromatic N) is 1. The van der Waals surface area contributed by atoms with Crippen LogP contribution in [0.3, 0.4) is 0 Å². The maximum atomic E-state index is 12.8. The van der Waals surface area contributed by atoms with Crippen LogP contribution in [0.1, 0.15) is 48.8 Å². The van der Waals surface area contributed by atoms with Gasteiger partial charge < -0.3 is 5.32 Å². The fraction of sp³-hybridized carbons (Fsp3) is 0.444. The quantitative estimate of drug-likeness (QED) is 0.936. The molecule has 3 nitrogen and oxygen atoms in total. The van der Waals surface area contributed by atoms with Crippen LogP contribution in [0.4, 0.5) is 0 Å². The van der Waals surface area contributed by atoms with Crippen molar-refractivity contribution in [3.63, 3.8) is 0 Å². The molecule has 0 radical (unpaired) electrons. The standard InChI is InChI=1S/C18H22N2O/c1-11(2)12(3)19-18(21)17-13-7-4-5-9-15(13)20-16-10-6-8-14(16)17/h4-5,7,9,11-12H,6,8,10H2,1-3H3,(H,19,21). The van der Waals surface area contributed by atoms with E-state index in [4.69, 9.17) is 4.98 Å². The molecule has 1 N–H and O–H groups in total. The molecule has 0 saturated heterocycles. The second kappa shape index (κ2) is 5.47. The zero-order valence-corrected chi connectivity index (χ0v) is 12.9. The second-order valence-corrected chi connectivity index (χ2v) is 6.29. The van der Waals surface area contributed by atoms with Gasteiger partial charge in [0.05, 0.1) is 11.1 Å². The molecule has 3 heteroatoms. The minimum Gasteiger partial charge on any atom is -0.349 e. The number of pyridine rings is 1. The SMILES string of the molecule is CC(C)C(C)NC(=O)c1c2c(nc3ccccc13)CCC2. The van der Waals surface area contributed by atoms with Crippen LogP contribution in [-0.2, 0) is 12.8 Å². The van der Waals surface area contributed by atoms with Crippen molar-refractivity contribution in [2.45, 2.75) is 46.1 Å². The highest BCUT2D eigenvalue weighted by molar-refractivity contribution is 6.07. The summed E-state index contributed by atoms with van der Waals surface area (Å²) in [4.78, 5) is 17.5. The zero-order chi connectivity index (χ0) is 15.0. The van der Waals surface area contributed by atoms with Crippen molar-refractivity contribution in [3.05, 3.63) is 41.1 Å². The Bertz CT molecular complexity index is 691. The van der Waals surface area contributed by atoms with Gasteiger partial charge in [-0.05, 0) is 43.7 Å². The van der Waals surface area contributed by atoms with Gasteiger partial charge in [0.25, 0.3) is 5.91 Å². The summed E-state index contributed by atoms with van der Waals surface area (Å²) in [5.74, 6) is 0.475. The number of aromatic nitrogens is 1. The van der Waals surface area contributed by atoms with Crippen molar-refractivity contribution in [1.82, 2.24) is 10.3 Å². The molecule has 1 aromatic heterocycles. The van der Waals surface area contributed by atoms with E-state index in [9.17, 15) is 4.79 Å². The van der Waals surface area contributed by atoms with Gasteiger partial charge in [-0.3, -0.25) is 9.78 Å². The number of fused-ring (bicyclic) bond motifs is 2. The highest BCUT2D eigenvalue weighted by Crippen LogP contribution is 2.30. The number of benzene rings is 1. The van der Waals surface area contributed by atoms with Gasteiger partial charge in [-0.25, -0.2) is 0 Å². The Balaban J connectivity index is 2.10. The molecule has 0 fully saturated rings. The first kappa shape index (κ1) is 14.1. The second-order valence-electron chi connectivity index (χ2n) is 6.29. The van der Waals surface area contributed by atoms with E-state index >= 15 is 0 Å². The zero-order valence-electron chi connectivity index (χ0n) is 12.9. The van der Waals surface area contributed by atoms with Crippen molar-refractivity contribution in [2.75, 3.05) is 0 Å². The first-order valence-corrected chi connectivity index (χ1v) is 7.79. The van der Waals surface area contributed by atoms with E-state index in [0.717, 1.165) is 47.0 Å². The van der Waals surface area contributed by atoms with Crippen LogP contribution >= 0.6 is 0 Å². The van der Waals surface area contributed by atoms with Gasteiger partial charge in [-0.15, -0.1) is 0 Å². The summed E-state index contributed by atoms with van der Waals surface area (Å²) < 4.78 is 0. The molecule has 0 aliphatic heterocycles. The maximum absolute atomic E-state index is 12.8. The van der Waals surface area contributed by atoms with E-state index in [-0.39, 0.29) is 11.9 Å². The molecule has 1 amide bonds. The molecule has 2 aromatic rings. The Hall–Kier alpha value is -1.90. The number of para-hydroxylation sites is 1. The highest BCUT2D eigenvalue weighted by atomic mass is 16.1. The third-order valence-electron chi connectivity index (χ3n) is 4.51. The summed E-state index contributed by atoms with van der Waals surface area (Å²) in [6.45, 7) is 6.31. The summed E-state index contributed by atoms with van der Waals surface area (Å²) in [6.07, 6.45) is 3.05. The Morgan fingerprint density at radius 3 is 2.71 bits per heavy atom. The van der Waals surface area contributed by atoms with Gasteiger partial charge in [0.2, 0.25) is 0 Å². The Labute approximate surface area is 125 Å². The lowest BCUT2D eigenvalue weighted by molar-refractivity contribution is 0.0931. The third-order valence-corrected chi connectivity index (χ3v) is 4.51. The van der Waals surface area contributed by atoms with E-state index in [0.29, 0.717) is 5.92 Å². The first-order chi connectivity index (χ1) is 10.1. The van der Waals surface area contributed by atoms with Crippen molar-refractivity contribution in [2.24, 2.45) is 5.92 Å². The molecule has 0 bridgehead atoms. The summed E-state index contributed by atoms with van der Waals surface area (Å²) in [7, 11) is 0. The number of rotatable bonds is 3. The largest absolute Gasteiger partial charge is 0.349 e. The molecule has 1 aliphatic carbocycles. The lowest BCUT2D eigenvalue weighted by Crippen LogP contribution is -2.36. The minimum absolute atomic E-state index is 0.0490. The first-order valence-electron chi connectivity index (χ1n) is 7.79. The predicted octanol–water partition coefficient (Wildman–Crippen LogP) is 3.50. The number of carbonyl (C=O) groups is 1. The van der Waals surface area contributed by atoms with Gasteiger partial charge >= 0.3 is 0 Å². The Morgan fingerprint density at radius 1 is 1.19 bits per heavy atom. The van der Waals surface area contributed by atoms with E-state index in [1.54, 1.807) is 0 Å². The van der Waals surface area contributed by atoms with E-state index in [1.165, 1.54) is 0 Å². The molecule has 3 rings (SSSR count). The average Bonchev–Trinajstić information content (AvgIpc) is 2.91. The summed E-state index contributed by atoms with van der Waals surface area (Å²) in [6, 6.07) is 8.14. The van der Waals surface area contributed by atoms with Crippen LogP contribution < -0.4 is 5.32 Å². The monoisotopic (exact) mass is 282 g/mol. The molecule has 1 unspecified atom stereocenters. The van der Waals surface area contributed by atoms with E-state index in [2.05, 4.69) is 26.1 Å². The van der Waals surface area contributed by atoms with Crippen molar-refractivity contribution < 1.29 is 4.79 Å². The lowest BCUT2D eigenvalue weighted by Gasteiger charge is -2.19. The van der Waals surface area contributed by atoms with Gasteiger partial charge in [-0.1, -0.05) is 32.0 Å². The van der Waals surface area contributed by atoms with Crippen molar-refractivity contribution in [3.8, 4) is 0 Å². The predicted molar refractivity (Wildman–Crippen MR) is 85.5 cm³/mol. The van der Waals surface area contributed by atoms with Crippen LogP contribution in [0.25, 0.3) is 10.9 Å². The third kappa shape index (κ3) is 2.53. The van der Waals surface area contributed by atoms with E-state index in [1.807, 2.05) is 24.3 Å². The molecular formula is C18H22N2O. The molecule has 110 valence electrons. The molecule has 0 spiro atoms. The molecule has 1 aliphatic rings. The van der Waals surface area contributed by atoms with Crippen molar-refractivity contribution >= 4 is 16.8 Å². The summed E-state index contributed by atoms with van der Waals surface area (Å²) in [5, 5.41) is 4.13. The lowest BCUT2D eigenvalue weighted by atomic mass is 9.99. The molecule has 21 heavy (non-hydrogen) atoms. The van der Waals surface area contributed by atoms with Gasteiger partial charge in [-0.2, -0.15) is 0 Å². The van der Waals surface area contributed by atoms with Crippen LogP contribution in [0.5, 0.6) is 0 Å². The molecule has 0 saturated carbocycles. The van der Waals surface area contributed by atoms with Crippen molar-refractivity contribution in [1.29, 1.82) is 0 Å². The van der Waals surface area contributed by atoms with Crippen LogP contribution in [0.2, 0.25) is 0 Å². The normalized spacial score (nSPS) is 15.2. The number of hydrogen-bond donors (Lipinski definition) is 1. The number of hydrogen-bond acceptors (Lipinski definition) is 2. The topological polar surface area (TPSA) is 42.0 Å². The number of nitrogens with one attached hydrogen (secondary N) is 1. The van der Waals surface area contributed by atoms with Crippen LogP contribution in [0, 0.1) is 5.92 Å². The fourth-order valence-electron chi connectivity index (χ4n) is 2.92. The average molecular weight is 282 g/mol. The Kier molecular flexibility index (Phi) is 3.66.